The first-order valence-corrected chi connectivity index (χ1v) is 11.6. The molecule has 1 unspecified atom stereocenters. The van der Waals surface area contributed by atoms with E-state index in [2.05, 4.69) is 10.3 Å². The van der Waals surface area contributed by atoms with Gasteiger partial charge in [0.25, 0.3) is 0 Å². The largest absolute Gasteiger partial charge is 0.416 e. The molecule has 0 fully saturated rings. The number of halogens is 7. The number of nitrogens with zero attached hydrogens (tertiary/aromatic N) is 1. The van der Waals surface area contributed by atoms with Gasteiger partial charge in [-0.05, 0) is 47.5 Å². The van der Waals surface area contributed by atoms with Crippen molar-refractivity contribution in [3.8, 4) is 0 Å². The molecule has 0 spiro atoms. The Hall–Kier alpha value is -3.00. The Morgan fingerprint density at radius 3 is 2.19 bits per heavy atom. The lowest BCUT2D eigenvalue weighted by atomic mass is 9.79. The predicted molar refractivity (Wildman–Crippen MR) is 130 cm³/mol. The summed E-state index contributed by atoms with van der Waals surface area (Å²) in [5.41, 5.74) is -1.50. The van der Waals surface area contributed by atoms with Crippen molar-refractivity contribution in [2.45, 2.75) is 24.7 Å². The monoisotopic (exact) mass is 536 g/mol. The Kier molecular flexibility index (Phi) is 7.64. The molecule has 1 aromatic heterocycles. The van der Waals surface area contributed by atoms with E-state index in [1.165, 1.54) is 24.4 Å². The molecular weight excluding hydrogens is 518 g/mol. The Morgan fingerprint density at radius 2 is 1.53 bits per heavy atom. The fraction of sp³-hybridized carbons (Fsp3) is 0.148. The van der Waals surface area contributed by atoms with E-state index < -0.39 is 28.9 Å². The highest BCUT2D eigenvalue weighted by molar-refractivity contribution is 6.30. The van der Waals surface area contributed by atoms with Crippen molar-refractivity contribution >= 4 is 23.2 Å². The van der Waals surface area contributed by atoms with Crippen LogP contribution in [-0.4, -0.2) is 4.98 Å². The van der Waals surface area contributed by atoms with E-state index >= 15 is 0 Å². The van der Waals surface area contributed by atoms with Gasteiger partial charge in [0.1, 0.15) is 11.6 Å². The molecule has 36 heavy (non-hydrogen) atoms. The zero-order chi connectivity index (χ0) is 25.9. The van der Waals surface area contributed by atoms with Gasteiger partial charge in [0.15, 0.2) is 0 Å². The van der Waals surface area contributed by atoms with Crippen LogP contribution in [-0.2, 0) is 24.7 Å². The van der Waals surface area contributed by atoms with Crippen LogP contribution in [0.15, 0.2) is 85.1 Å². The van der Waals surface area contributed by atoms with E-state index in [1.807, 2.05) is 0 Å². The number of benzene rings is 3. The first kappa shape index (κ1) is 26.1. The van der Waals surface area contributed by atoms with Crippen LogP contribution in [0.25, 0.3) is 0 Å². The summed E-state index contributed by atoms with van der Waals surface area (Å²) in [7, 11) is 0. The minimum absolute atomic E-state index is 0.0315. The number of rotatable bonds is 7. The molecule has 0 saturated carbocycles. The molecule has 1 N–H and O–H groups in total. The van der Waals surface area contributed by atoms with Crippen molar-refractivity contribution in [1.29, 1.82) is 0 Å². The highest BCUT2D eigenvalue weighted by atomic mass is 35.5. The summed E-state index contributed by atoms with van der Waals surface area (Å²) in [6, 6.07) is 18.8. The maximum atomic E-state index is 14.7. The maximum Gasteiger partial charge on any atom is 0.416 e. The molecule has 0 saturated heterocycles. The summed E-state index contributed by atoms with van der Waals surface area (Å²) < 4.78 is 70.4. The van der Waals surface area contributed by atoms with Gasteiger partial charge in [-0.25, -0.2) is 8.78 Å². The van der Waals surface area contributed by atoms with Crippen LogP contribution < -0.4 is 5.32 Å². The minimum Gasteiger partial charge on any atom is -0.298 e. The third-order valence-electron chi connectivity index (χ3n) is 5.81. The van der Waals surface area contributed by atoms with E-state index in [-0.39, 0.29) is 34.8 Å². The fourth-order valence-corrected chi connectivity index (χ4v) is 4.36. The number of nitrogens with one attached hydrogen (secondary N) is 1. The van der Waals surface area contributed by atoms with E-state index in [9.17, 15) is 22.0 Å². The van der Waals surface area contributed by atoms with Gasteiger partial charge in [0.05, 0.1) is 26.8 Å². The molecule has 1 heterocycles. The number of alkyl halides is 3. The second kappa shape index (κ2) is 10.5. The molecule has 186 valence electrons. The fourth-order valence-electron chi connectivity index (χ4n) is 4.06. The van der Waals surface area contributed by atoms with Gasteiger partial charge in [-0.3, -0.25) is 10.3 Å². The normalized spacial score (nSPS) is 13.4. The van der Waals surface area contributed by atoms with Crippen LogP contribution in [0.3, 0.4) is 0 Å². The molecule has 4 aromatic rings. The van der Waals surface area contributed by atoms with Gasteiger partial charge in [-0.15, -0.1) is 0 Å². The average Bonchev–Trinajstić information content (AvgIpc) is 2.84. The van der Waals surface area contributed by atoms with E-state index in [0.717, 1.165) is 17.7 Å². The molecule has 0 amide bonds. The van der Waals surface area contributed by atoms with Crippen molar-refractivity contribution in [3.63, 3.8) is 0 Å². The number of aromatic nitrogens is 1. The minimum atomic E-state index is -4.79. The van der Waals surface area contributed by atoms with Crippen LogP contribution in [0.5, 0.6) is 0 Å². The molecule has 0 aliphatic carbocycles. The SMILES string of the molecule is Fc1cc(C(F)(F)F)cc(C(Cc2ccccc2)(NCc2cccc(Cl)c2F)c2ccc(Cl)cn2)c1. The van der Waals surface area contributed by atoms with Gasteiger partial charge in [-0.2, -0.15) is 13.2 Å². The van der Waals surface area contributed by atoms with Gasteiger partial charge in [0.2, 0.25) is 0 Å². The molecule has 4 rings (SSSR count). The third-order valence-corrected chi connectivity index (χ3v) is 6.32. The zero-order valence-corrected chi connectivity index (χ0v) is 20.1. The predicted octanol–water partition coefficient (Wildman–Crippen LogP) is 7.96. The van der Waals surface area contributed by atoms with Gasteiger partial charge in [0, 0.05) is 24.7 Å². The molecular formula is C27H19Cl2F5N2. The van der Waals surface area contributed by atoms with Crippen LogP contribution in [0.2, 0.25) is 10.0 Å². The Labute approximate surface area is 214 Å². The quantitative estimate of drug-likeness (QED) is 0.242. The Balaban J connectivity index is 1.94. The van der Waals surface area contributed by atoms with Crippen LogP contribution in [0.1, 0.15) is 27.9 Å². The highest BCUT2D eigenvalue weighted by Gasteiger charge is 2.39. The van der Waals surface area contributed by atoms with Crippen LogP contribution >= 0.6 is 23.2 Å². The second-order valence-electron chi connectivity index (χ2n) is 8.22. The standard InChI is InChI=1S/C27H19Cl2F5N2/c28-21-9-10-24(35-16-21)26(14-17-5-2-1-3-6-17,36-15-18-7-4-8-23(29)25(18)31)19-11-20(27(32,33)34)13-22(30)12-19/h1-13,16,36H,14-15H2. The highest BCUT2D eigenvalue weighted by Crippen LogP contribution is 2.38. The molecule has 3 aromatic carbocycles. The average molecular weight is 537 g/mol. The lowest BCUT2D eigenvalue weighted by molar-refractivity contribution is -0.137. The van der Waals surface area contributed by atoms with E-state index in [0.29, 0.717) is 11.1 Å². The van der Waals surface area contributed by atoms with E-state index in [4.69, 9.17) is 23.2 Å². The number of hydrogen-bond donors (Lipinski definition) is 1. The van der Waals surface area contributed by atoms with Crippen molar-refractivity contribution in [2.24, 2.45) is 0 Å². The summed E-state index contributed by atoms with van der Waals surface area (Å²) in [5.74, 6) is -1.73. The summed E-state index contributed by atoms with van der Waals surface area (Å²) in [6.07, 6.45) is -3.37. The first-order chi connectivity index (χ1) is 17.1. The molecule has 0 aliphatic heterocycles. The van der Waals surface area contributed by atoms with E-state index in [1.54, 1.807) is 42.5 Å². The zero-order valence-electron chi connectivity index (χ0n) is 18.6. The van der Waals surface area contributed by atoms with Gasteiger partial charge >= 0.3 is 6.18 Å². The van der Waals surface area contributed by atoms with Gasteiger partial charge in [-0.1, -0.05) is 65.7 Å². The lowest BCUT2D eigenvalue weighted by Gasteiger charge is -2.36. The topological polar surface area (TPSA) is 24.9 Å². The lowest BCUT2D eigenvalue weighted by Crippen LogP contribution is -2.46. The van der Waals surface area contributed by atoms with Crippen LogP contribution in [0, 0.1) is 11.6 Å². The van der Waals surface area contributed by atoms with Crippen molar-refractivity contribution in [2.75, 3.05) is 0 Å². The summed E-state index contributed by atoms with van der Waals surface area (Å²) in [5, 5.41) is 3.40. The maximum absolute atomic E-state index is 14.7. The van der Waals surface area contributed by atoms with Crippen LogP contribution in [0.4, 0.5) is 22.0 Å². The van der Waals surface area contributed by atoms with Crippen molar-refractivity contribution < 1.29 is 22.0 Å². The number of pyridine rings is 1. The molecule has 2 nitrogen and oxygen atoms in total. The molecule has 0 radical (unpaired) electrons. The molecule has 9 heteroatoms. The first-order valence-electron chi connectivity index (χ1n) is 10.8. The summed E-state index contributed by atoms with van der Waals surface area (Å²) >= 11 is 12.0. The Bertz CT molecular complexity index is 1340. The summed E-state index contributed by atoms with van der Waals surface area (Å²) in [6.45, 7) is -0.138. The number of hydrogen-bond acceptors (Lipinski definition) is 2. The molecule has 0 bridgehead atoms. The summed E-state index contributed by atoms with van der Waals surface area (Å²) in [4.78, 5) is 4.38. The molecule has 0 aliphatic rings. The third kappa shape index (κ3) is 5.69. The van der Waals surface area contributed by atoms with Crippen molar-refractivity contribution in [1.82, 2.24) is 10.3 Å². The smallest absolute Gasteiger partial charge is 0.298 e. The second-order valence-corrected chi connectivity index (χ2v) is 9.07. The molecule has 1 atom stereocenters. The van der Waals surface area contributed by atoms with Gasteiger partial charge < -0.3 is 0 Å². The van der Waals surface area contributed by atoms with Crippen molar-refractivity contribution in [3.05, 3.63) is 135 Å². The Morgan fingerprint density at radius 1 is 0.806 bits per heavy atom.